The molecule has 0 fully saturated rings. The fourth-order valence-corrected chi connectivity index (χ4v) is 3.61. The second-order valence-corrected chi connectivity index (χ2v) is 7.20. The third-order valence-corrected chi connectivity index (χ3v) is 5.30. The lowest BCUT2D eigenvalue weighted by Crippen LogP contribution is -2.44. The number of fused-ring (bicyclic) bond motifs is 1. The highest BCUT2D eigenvalue weighted by Crippen LogP contribution is 2.36. The van der Waals surface area contributed by atoms with E-state index in [9.17, 15) is 18.7 Å². The summed E-state index contributed by atoms with van der Waals surface area (Å²) in [6.07, 6.45) is 2.57. The molecule has 8 nitrogen and oxygen atoms in total. The summed E-state index contributed by atoms with van der Waals surface area (Å²) in [5, 5.41) is 23.7. The van der Waals surface area contributed by atoms with Crippen LogP contribution >= 0.6 is 11.6 Å². The summed E-state index contributed by atoms with van der Waals surface area (Å²) in [5.74, 6) is -1.79. The largest absolute Gasteiger partial charge is 0.381 e. The first-order valence-corrected chi connectivity index (χ1v) is 9.23. The third kappa shape index (κ3) is 3.33. The van der Waals surface area contributed by atoms with Crippen LogP contribution in [-0.2, 0) is 12.1 Å². The van der Waals surface area contributed by atoms with E-state index in [0.717, 1.165) is 16.8 Å². The maximum absolute atomic E-state index is 14.7. The molecule has 1 N–H and O–H groups in total. The van der Waals surface area contributed by atoms with Crippen molar-refractivity contribution in [3.63, 3.8) is 0 Å². The zero-order valence-corrected chi connectivity index (χ0v) is 16.3. The molecule has 2 heterocycles. The van der Waals surface area contributed by atoms with Gasteiger partial charge in [0.1, 0.15) is 35.4 Å². The van der Waals surface area contributed by atoms with Crippen molar-refractivity contribution in [1.29, 1.82) is 0 Å². The van der Waals surface area contributed by atoms with Gasteiger partial charge in [-0.25, -0.2) is 23.1 Å². The lowest BCUT2D eigenvalue weighted by Gasteiger charge is -2.34. The van der Waals surface area contributed by atoms with Crippen molar-refractivity contribution in [2.24, 2.45) is 0 Å². The maximum Gasteiger partial charge on any atom is 0.279 e. The Balaban J connectivity index is 1.91. The second kappa shape index (κ2) is 7.54. The number of rotatable bonds is 5. The first-order valence-electron chi connectivity index (χ1n) is 8.85. The van der Waals surface area contributed by atoms with Gasteiger partial charge in [-0.15, -0.1) is 5.10 Å². The smallest absolute Gasteiger partial charge is 0.279 e. The lowest BCUT2D eigenvalue weighted by atomic mass is 9.86. The summed E-state index contributed by atoms with van der Waals surface area (Å²) in [5.41, 5.74) is -2.62. The number of aliphatic hydroxyl groups is 1. The molecule has 0 aliphatic rings. The Labute approximate surface area is 173 Å². The Morgan fingerprint density at radius 1 is 1.27 bits per heavy atom. The minimum Gasteiger partial charge on any atom is -0.381 e. The van der Waals surface area contributed by atoms with E-state index >= 15 is 0 Å². The summed E-state index contributed by atoms with van der Waals surface area (Å²) in [4.78, 5) is 16.9. The molecular weight excluding hydrogens is 418 g/mol. The molecular formula is C19H15ClF2N6O2. The SMILES string of the molecule is C[C@@H](n1nnc2cccc(Cl)c2c1=O)[C@](O)(Cn1cncn1)c1ccc(F)cc1F. The van der Waals surface area contributed by atoms with Gasteiger partial charge in [-0.3, -0.25) is 4.79 Å². The topological polar surface area (TPSA) is 98.7 Å². The molecule has 0 unspecified atom stereocenters. The molecule has 0 amide bonds. The summed E-state index contributed by atoms with van der Waals surface area (Å²) in [6, 6.07) is 6.38. The molecule has 0 radical (unpaired) electrons. The number of halogens is 3. The van der Waals surface area contributed by atoms with E-state index in [-0.39, 0.29) is 28.0 Å². The number of hydrogen-bond donors (Lipinski definition) is 1. The van der Waals surface area contributed by atoms with E-state index in [4.69, 9.17) is 11.6 Å². The summed E-state index contributed by atoms with van der Waals surface area (Å²) >= 11 is 6.16. The molecule has 0 aliphatic carbocycles. The predicted molar refractivity (Wildman–Crippen MR) is 104 cm³/mol. The molecule has 0 spiro atoms. The van der Waals surface area contributed by atoms with E-state index in [1.165, 1.54) is 30.3 Å². The Morgan fingerprint density at radius 3 is 2.77 bits per heavy atom. The van der Waals surface area contributed by atoms with Gasteiger partial charge in [-0.1, -0.05) is 28.9 Å². The minimum absolute atomic E-state index is 0.115. The van der Waals surface area contributed by atoms with Crippen LogP contribution in [0.1, 0.15) is 18.5 Å². The van der Waals surface area contributed by atoms with Gasteiger partial charge in [0.2, 0.25) is 0 Å². The summed E-state index contributed by atoms with van der Waals surface area (Å²) in [6.45, 7) is 1.18. The Hall–Kier alpha value is -3.24. The third-order valence-electron chi connectivity index (χ3n) is 4.99. The highest BCUT2D eigenvalue weighted by molar-refractivity contribution is 6.35. The average Bonchev–Trinajstić information content (AvgIpc) is 3.20. The van der Waals surface area contributed by atoms with Crippen molar-refractivity contribution in [1.82, 2.24) is 29.8 Å². The number of hydrogen-bond acceptors (Lipinski definition) is 6. The van der Waals surface area contributed by atoms with E-state index in [1.807, 2.05) is 0 Å². The average molecular weight is 433 g/mol. The van der Waals surface area contributed by atoms with Gasteiger partial charge in [0.15, 0.2) is 0 Å². The van der Waals surface area contributed by atoms with E-state index < -0.39 is 28.8 Å². The van der Waals surface area contributed by atoms with Crippen LogP contribution in [0, 0.1) is 11.6 Å². The van der Waals surface area contributed by atoms with Gasteiger partial charge in [0.05, 0.1) is 23.0 Å². The van der Waals surface area contributed by atoms with Crippen molar-refractivity contribution in [2.45, 2.75) is 25.1 Å². The molecule has 2 aromatic carbocycles. The van der Waals surface area contributed by atoms with Crippen molar-refractivity contribution >= 4 is 22.5 Å². The predicted octanol–water partition coefficient (Wildman–Crippen LogP) is 2.46. The van der Waals surface area contributed by atoms with Crippen LogP contribution in [-0.4, -0.2) is 34.9 Å². The van der Waals surface area contributed by atoms with Crippen molar-refractivity contribution in [3.05, 3.63) is 81.6 Å². The fourth-order valence-electron chi connectivity index (χ4n) is 3.36. The molecule has 154 valence electrons. The van der Waals surface area contributed by atoms with Crippen molar-refractivity contribution < 1.29 is 13.9 Å². The molecule has 4 rings (SSSR count). The maximum atomic E-state index is 14.7. The normalized spacial score (nSPS) is 14.6. The minimum atomic E-state index is -2.06. The molecule has 0 saturated heterocycles. The van der Waals surface area contributed by atoms with E-state index in [1.54, 1.807) is 12.1 Å². The zero-order chi connectivity index (χ0) is 21.5. The molecule has 11 heteroatoms. The molecule has 30 heavy (non-hydrogen) atoms. The van der Waals surface area contributed by atoms with Crippen molar-refractivity contribution in [2.75, 3.05) is 0 Å². The first-order chi connectivity index (χ1) is 14.3. The summed E-state index contributed by atoms with van der Waals surface area (Å²) in [7, 11) is 0. The molecule has 4 aromatic rings. The summed E-state index contributed by atoms with van der Waals surface area (Å²) < 4.78 is 30.4. The van der Waals surface area contributed by atoms with Gasteiger partial charge < -0.3 is 5.11 Å². The zero-order valence-electron chi connectivity index (χ0n) is 15.6. The number of aromatic nitrogens is 6. The van der Waals surface area contributed by atoms with Gasteiger partial charge in [-0.2, -0.15) is 5.10 Å². The highest BCUT2D eigenvalue weighted by atomic mass is 35.5. The van der Waals surface area contributed by atoms with Crippen LogP contribution in [0.2, 0.25) is 5.02 Å². The second-order valence-electron chi connectivity index (χ2n) is 6.79. The standard InChI is InChI=1S/C19H15ClF2N6O2/c1-11(28-18(29)17-14(20)3-2-4-16(17)25-26-28)19(30,8-27-10-23-9-24-27)13-6-5-12(21)7-15(13)22/h2-7,9-11,30H,8H2,1H3/t11-,19-/m1/s1. The van der Waals surface area contributed by atoms with Crippen LogP contribution in [0.4, 0.5) is 8.78 Å². The van der Waals surface area contributed by atoms with E-state index in [0.29, 0.717) is 6.07 Å². The lowest BCUT2D eigenvalue weighted by molar-refractivity contribution is -0.0390. The Bertz CT molecular complexity index is 1280. The fraction of sp³-hybridized carbons (Fsp3) is 0.211. The molecule has 0 aliphatic heterocycles. The van der Waals surface area contributed by atoms with Gasteiger partial charge in [0.25, 0.3) is 5.56 Å². The monoisotopic (exact) mass is 432 g/mol. The van der Waals surface area contributed by atoms with Crippen LogP contribution in [0.3, 0.4) is 0 Å². The number of benzene rings is 2. The van der Waals surface area contributed by atoms with Gasteiger partial charge in [-0.05, 0) is 25.1 Å². The highest BCUT2D eigenvalue weighted by Gasteiger charge is 2.41. The van der Waals surface area contributed by atoms with E-state index in [2.05, 4.69) is 20.4 Å². The van der Waals surface area contributed by atoms with Gasteiger partial charge >= 0.3 is 0 Å². The molecule has 2 atom stereocenters. The van der Waals surface area contributed by atoms with Crippen LogP contribution in [0.5, 0.6) is 0 Å². The Morgan fingerprint density at radius 2 is 2.07 bits per heavy atom. The Kier molecular flexibility index (Phi) is 5.04. The molecule has 0 saturated carbocycles. The quantitative estimate of drug-likeness (QED) is 0.520. The van der Waals surface area contributed by atoms with Gasteiger partial charge in [0, 0.05) is 11.6 Å². The van der Waals surface area contributed by atoms with Crippen LogP contribution in [0.25, 0.3) is 10.9 Å². The first kappa shape index (κ1) is 20.0. The molecule has 2 aromatic heterocycles. The van der Waals surface area contributed by atoms with Crippen LogP contribution < -0.4 is 5.56 Å². The van der Waals surface area contributed by atoms with Crippen molar-refractivity contribution in [3.8, 4) is 0 Å². The molecule has 0 bridgehead atoms. The van der Waals surface area contributed by atoms with Crippen LogP contribution in [0.15, 0.2) is 53.8 Å². The number of nitrogens with zero attached hydrogens (tertiary/aromatic N) is 6.